The lowest BCUT2D eigenvalue weighted by atomic mass is 10.1. The number of aromatic amines is 1. The summed E-state index contributed by atoms with van der Waals surface area (Å²) in [7, 11) is 1.60. The van der Waals surface area contributed by atoms with Crippen molar-refractivity contribution in [2.45, 2.75) is 13.5 Å². The fourth-order valence-corrected chi connectivity index (χ4v) is 3.34. The molecule has 0 aliphatic heterocycles. The van der Waals surface area contributed by atoms with E-state index in [-0.39, 0.29) is 12.4 Å². The number of rotatable bonds is 8. The summed E-state index contributed by atoms with van der Waals surface area (Å²) >= 11 is 0. The number of methoxy groups -OCH3 is 1. The summed E-state index contributed by atoms with van der Waals surface area (Å²) in [4.78, 5) is 7.67. The fraction of sp³-hybridized carbons (Fsp3) is 0.154. The van der Waals surface area contributed by atoms with Crippen LogP contribution in [0.3, 0.4) is 0 Å². The molecule has 1 aromatic heterocycles. The van der Waals surface area contributed by atoms with Gasteiger partial charge in [-0.2, -0.15) is 5.26 Å². The van der Waals surface area contributed by atoms with Crippen molar-refractivity contribution in [3.8, 4) is 23.3 Å². The summed E-state index contributed by atoms with van der Waals surface area (Å²) < 4.78 is 30.7. The first-order chi connectivity index (χ1) is 16.1. The summed E-state index contributed by atoms with van der Waals surface area (Å²) in [6.07, 6.45) is 1.72. The lowest BCUT2D eigenvalue weighted by Gasteiger charge is -2.13. The molecule has 166 valence electrons. The Morgan fingerprint density at radius 3 is 2.70 bits per heavy atom. The Morgan fingerprint density at radius 1 is 1.09 bits per heavy atom. The number of halogens is 1. The van der Waals surface area contributed by atoms with Gasteiger partial charge in [0.15, 0.2) is 11.5 Å². The van der Waals surface area contributed by atoms with Crippen LogP contribution in [-0.4, -0.2) is 23.7 Å². The summed E-state index contributed by atoms with van der Waals surface area (Å²) in [5, 5.41) is 9.74. The lowest BCUT2D eigenvalue weighted by Crippen LogP contribution is -2.01. The number of aromatic nitrogens is 2. The van der Waals surface area contributed by atoms with Gasteiger partial charge in [0.05, 0.1) is 30.3 Å². The van der Waals surface area contributed by atoms with Gasteiger partial charge in [-0.15, -0.1) is 0 Å². The molecule has 0 spiro atoms. The highest BCUT2D eigenvalue weighted by molar-refractivity contribution is 5.90. The number of nitrogens with one attached hydrogen (secondary N) is 1. The number of imidazole rings is 1. The van der Waals surface area contributed by atoms with Crippen molar-refractivity contribution in [1.29, 1.82) is 5.26 Å². The first kappa shape index (κ1) is 21.9. The molecule has 0 bridgehead atoms. The molecule has 0 aliphatic rings. The van der Waals surface area contributed by atoms with E-state index in [9.17, 15) is 9.65 Å². The molecule has 0 radical (unpaired) electrons. The van der Waals surface area contributed by atoms with Gasteiger partial charge in [0.2, 0.25) is 0 Å². The minimum absolute atomic E-state index is 0.0772. The molecule has 0 amide bonds. The van der Waals surface area contributed by atoms with Crippen LogP contribution in [0.15, 0.2) is 60.7 Å². The number of ether oxygens (including phenoxy) is 3. The molecular weight excluding hydrogens is 421 g/mol. The third kappa shape index (κ3) is 4.96. The Kier molecular flexibility index (Phi) is 6.56. The van der Waals surface area contributed by atoms with Gasteiger partial charge in [0.1, 0.15) is 30.1 Å². The largest absolute Gasteiger partial charge is 0.497 e. The first-order valence-electron chi connectivity index (χ1n) is 10.4. The van der Waals surface area contributed by atoms with E-state index in [1.807, 2.05) is 31.2 Å². The molecule has 4 aromatic rings. The second kappa shape index (κ2) is 9.88. The average Bonchev–Trinajstić information content (AvgIpc) is 3.26. The summed E-state index contributed by atoms with van der Waals surface area (Å²) in [5.74, 6) is 1.84. The highest BCUT2D eigenvalue weighted by Gasteiger charge is 2.12. The van der Waals surface area contributed by atoms with Crippen LogP contribution in [0.4, 0.5) is 4.39 Å². The predicted octanol–water partition coefficient (Wildman–Crippen LogP) is 5.75. The van der Waals surface area contributed by atoms with E-state index in [4.69, 9.17) is 14.2 Å². The van der Waals surface area contributed by atoms with Crippen molar-refractivity contribution in [1.82, 2.24) is 9.97 Å². The number of benzene rings is 3. The van der Waals surface area contributed by atoms with Gasteiger partial charge < -0.3 is 19.2 Å². The molecule has 3 aromatic carbocycles. The van der Waals surface area contributed by atoms with Crippen LogP contribution in [0.5, 0.6) is 17.2 Å². The van der Waals surface area contributed by atoms with Crippen molar-refractivity contribution in [2.24, 2.45) is 0 Å². The highest BCUT2D eigenvalue weighted by Crippen LogP contribution is 2.31. The van der Waals surface area contributed by atoms with E-state index in [1.54, 1.807) is 43.5 Å². The number of hydrogen-bond donors (Lipinski definition) is 1. The minimum Gasteiger partial charge on any atom is -0.497 e. The monoisotopic (exact) mass is 443 g/mol. The maximum atomic E-state index is 13.9. The van der Waals surface area contributed by atoms with Crippen LogP contribution in [0, 0.1) is 17.1 Å². The standard InChI is InChI=1S/C26H22FN3O3/c1-3-32-25-13-17(8-11-24(25)33-16-18-6-4-5-7-21(18)27)12-19(15-28)26-29-22-10-9-20(31-2)14-23(22)30-26/h4-14H,3,16H2,1-2H3,(H,29,30)/b19-12-. The van der Waals surface area contributed by atoms with E-state index in [0.29, 0.717) is 40.8 Å². The van der Waals surface area contributed by atoms with Crippen molar-refractivity contribution < 1.29 is 18.6 Å². The molecule has 0 aliphatic carbocycles. The van der Waals surface area contributed by atoms with E-state index < -0.39 is 0 Å². The van der Waals surface area contributed by atoms with Crippen molar-refractivity contribution in [3.63, 3.8) is 0 Å². The van der Waals surface area contributed by atoms with Crippen LogP contribution in [0.2, 0.25) is 0 Å². The van der Waals surface area contributed by atoms with Crippen LogP contribution < -0.4 is 14.2 Å². The number of H-pyrrole nitrogens is 1. The van der Waals surface area contributed by atoms with Gasteiger partial charge in [-0.1, -0.05) is 24.3 Å². The van der Waals surface area contributed by atoms with Crippen molar-refractivity contribution in [3.05, 3.63) is 83.4 Å². The Hall–Kier alpha value is -4.31. The topological polar surface area (TPSA) is 80.2 Å². The smallest absolute Gasteiger partial charge is 0.161 e. The second-order valence-electron chi connectivity index (χ2n) is 7.16. The number of hydrogen-bond acceptors (Lipinski definition) is 5. The quantitative estimate of drug-likeness (QED) is 0.351. The van der Waals surface area contributed by atoms with Crippen LogP contribution in [0.25, 0.3) is 22.7 Å². The van der Waals surface area contributed by atoms with E-state index >= 15 is 0 Å². The number of allylic oxidation sites excluding steroid dienone is 1. The third-order valence-electron chi connectivity index (χ3n) is 4.98. The zero-order chi connectivity index (χ0) is 23.2. The molecule has 0 saturated carbocycles. The van der Waals surface area contributed by atoms with Crippen molar-refractivity contribution >= 4 is 22.7 Å². The molecule has 4 rings (SSSR count). The van der Waals surface area contributed by atoms with Gasteiger partial charge in [0, 0.05) is 11.6 Å². The minimum atomic E-state index is -0.322. The lowest BCUT2D eigenvalue weighted by molar-refractivity contribution is 0.266. The van der Waals surface area contributed by atoms with E-state index in [2.05, 4.69) is 16.0 Å². The van der Waals surface area contributed by atoms with E-state index in [0.717, 1.165) is 16.6 Å². The molecule has 1 N–H and O–H groups in total. The Balaban J connectivity index is 1.61. The average molecular weight is 443 g/mol. The molecule has 7 heteroatoms. The Labute approximate surface area is 190 Å². The Morgan fingerprint density at radius 2 is 1.94 bits per heavy atom. The molecule has 0 saturated heterocycles. The van der Waals surface area contributed by atoms with Gasteiger partial charge in [-0.3, -0.25) is 0 Å². The molecular formula is C26H22FN3O3. The zero-order valence-corrected chi connectivity index (χ0v) is 18.3. The molecule has 33 heavy (non-hydrogen) atoms. The fourth-order valence-electron chi connectivity index (χ4n) is 3.34. The Bertz CT molecular complexity index is 1350. The van der Waals surface area contributed by atoms with Gasteiger partial charge >= 0.3 is 0 Å². The zero-order valence-electron chi connectivity index (χ0n) is 18.3. The summed E-state index contributed by atoms with van der Waals surface area (Å²) in [6, 6.07) is 19.5. The second-order valence-corrected chi connectivity index (χ2v) is 7.16. The SMILES string of the molecule is CCOc1cc(/C=C(/C#N)c2nc3ccc(OC)cc3[nH]2)ccc1OCc1ccccc1F. The molecule has 0 unspecified atom stereocenters. The maximum Gasteiger partial charge on any atom is 0.161 e. The highest BCUT2D eigenvalue weighted by atomic mass is 19.1. The van der Waals surface area contributed by atoms with Gasteiger partial charge in [-0.25, -0.2) is 9.37 Å². The van der Waals surface area contributed by atoms with Crippen molar-refractivity contribution in [2.75, 3.05) is 13.7 Å². The maximum absolute atomic E-state index is 13.9. The molecule has 1 heterocycles. The number of nitriles is 1. The normalized spacial score (nSPS) is 11.3. The predicted molar refractivity (Wildman–Crippen MR) is 124 cm³/mol. The van der Waals surface area contributed by atoms with Gasteiger partial charge in [-0.05, 0) is 48.9 Å². The van der Waals surface area contributed by atoms with Crippen LogP contribution >= 0.6 is 0 Å². The number of nitrogens with zero attached hydrogens (tertiary/aromatic N) is 2. The molecule has 0 atom stereocenters. The van der Waals surface area contributed by atoms with Crippen LogP contribution in [-0.2, 0) is 6.61 Å². The summed E-state index contributed by atoms with van der Waals surface area (Å²) in [6.45, 7) is 2.38. The molecule has 6 nitrogen and oxygen atoms in total. The van der Waals surface area contributed by atoms with Gasteiger partial charge in [0.25, 0.3) is 0 Å². The first-order valence-corrected chi connectivity index (χ1v) is 10.4. The van der Waals surface area contributed by atoms with Crippen LogP contribution in [0.1, 0.15) is 23.9 Å². The third-order valence-corrected chi connectivity index (χ3v) is 4.98. The molecule has 0 fully saturated rings. The summed E-state index contributed by atoms with van der Waals surface area (Å²) in [5.41, 5.74) is 3.08. The van der Waals surface area contributed by atoms with E-state index in [1.165, 1.54) is 6.07 Å². The number of fused-ring (bicyclic) bond motifs is 1.